The van der Waals surface area contributed by atoms with E-state index in [9.17, 15) is 9.59 Å². The normalized spacial score (nSPS) is 12.5. The maximum atomic E-state index is 11.3. The number of nitriles is 1. The molecule has 0 saturated carbocycles. The van der Waals surface area contributed by atoms with Crippen molar-refractivity contribution in [3.05, 3.63) is 0 Å². The first-order valence-electron chi connectivity index (χ1n) is 4.16. The number of esters is 1. The predicted octanol–water partition coefficient (Wildman–Crippen LogP) is 0.356. The van der Waals surface area contributed by atoms with Crippen molar-refractivity contribution in [1.82, 2.24) is 5.32 Å². The summed E-state index contributed by atoms with van der Waals surface area (Å²) >= 11 is 0. The van der Waals surface area contributed by atoms with Gasteiger partial charge in [0.25, 0.3) is 0 Å². The minimum Gasteiger partial charge on any atom is -0.458 e. The van der Waals surface area contributed by atoms with E-state index in [4.69, 9.17) is 10.00 Å². The highest BCUT2D eigenvalue weighted by Crippen LogP contribution is 2.08. The third-order valence-corrected chi connectivity index (χ3v) is 1.12. The third-order valence-electron chi connectivity index (χ3n) is 1.12. The first-order valence-corrected chi connectivity index (χ1v) is 4.16. The molecule has 5 nitrogen and oxygen atoms in total. The molecule has 5 heteroatoms. The van der Waals surface area contributed by atoms with Gasteiger partial charge in [0.05, 0.1) is 6.07 Å². The fourth-order valence-corrected chi connectivity index (χ4v) is 0.708. The fourth-order valence-electron chi connectivity index (χ4n) is 0.708. The molecule has 0 saturated heterocycles. The highest BCUT2D eigenvalue weighted by Gasteiger charge is 2.25. The molecule has 14 heavy (non-hydrogen) atoms. The summed E-state index contributed by atoms with van der Waals surface area (Å²) in [6.07, 6.45) is 0. The van der Waals surface area contributed by atoms with Crippen LogP contribution in [-0.4, -0.2) is 23.5 Å². The molecule has 0 aromatic heterocycles. The summed E-state index contributed by atoms with van der Waals surface area (Å²) in [5, 5.41) is 10.8. The predicted molar refractivity (Wildman–Crippen MR) is 49.1 cm³/mol. The molecule has 0 aliphatic heterocycles. The van der Waals surface area contributed by atoms with E-state index in [1.165, 1.54) is 6.92 Å². The van der Waals surface area contributed by atoms with Crippen LogP contribution in [0, 0.1) is 11.3 Å². The summed E-state index contributed by atoms with van der Waals surface area (Å²) in [6.45, 7) is 6.29. The van der Waals surface area contributed by atoms with Gasteiger partial charge in [-0.25, -0.2) is 4.79 Å². The summed E-state index contributed by atoms with van der Waals surface area (Å²) in [4.78, 5) is 21.9. The Hall–Kier alpha value is -1.57. The molecule has 0 heterocycles. The van der Waals surface area contributed by atoms with Crippen LogP contribution in [0.25, 0.3) is 0 Å². The van der Waals surface area contributed by atoms with Crippen LogP contribution in [0.2, 0.25) is 0 Å². The molecule has 1 N–H and O–H groups in total. The molecule has 0 aromatic carbocycles. The van der Waals surface area contributed by atoms with Gasteiger partial charge in [-0.2, -0.15) is 5.26 Å². The van der Waals surface area contributed by atoms with Crippen LogP contribution in [0.1, 0.15) is 27.7 Å². The van der Waals surface area contributed by atoms with Crippen LogP contribution < -0.4 is 5.32 Å². The lowest BCUT2D eigenvalue weighted by Crippen LogP contribution is -2.42. The highest BCUT2D eigenvalue weighted by atomic mass is 16.6. The summed E-state index contributed by atoms with van der Waals surface area (Å²) in [5.41, 5.74) is -0.662. The van der Waals surface area contributed by atoms with Crippen molar-refractivity contribution in [1.29, 1.82) is 5.26 Å². The summed E-state index contributed by atoms with van der Waals surface area (Å²) in [6, 6.07) is 0.419. The van der Waals surface area contributed by atoms with Gasteiger partial charge >= 0.3 is 5.97 Å². The Morgan fingerprint density at radius 1 is 1.43 bits per heavy atom. The van der Waals surface area contributed by atoms with Gasteiger partial charge in [-0.15, -0.1) is 0 Å². The minimum absolute atomic E-state index is 0.442. The smallest absolute Gasteiger partial charge is 0.344 e. The third kappa shape index (κ3) is 5.14. The number of hydrogen-bond donors (Lipinski definition) is 1. The Balaban J connectivity index is 4.35. The van der Waals surface area contributed by atoms with Crippen LogP contribution in [-0.2, 0) is 14.3 Å². The topological polar surface area (TPSA) is 79.2 Å². The molecule has 0 bridgehead atoms. The van der Waals surface area contributed by atoms with E-state index in [1.54, 1.807) is 26.8 Å². The molecule has 0 aromatic rings. The molecule has 0 fully saturated rings. The number of amides is 1. The van der Waals surface area contributed by atoms with E-state index in [1.807, 2.05) is 0 Å². The zero-order valence-electron chi connectivity index (χ0n) is 8.75. The molecule has 0 rings (SSSR count). The van der Waals surface area contributed by atoms with Crippen LogP contribution >= 0.6 is 0 Å². The number of rotatable bonds is 2. The van der Waals surface area contributed by atoms with Crippen molar-refractivity contribution >= 4 is 11.9 Å². The first-order chi connectivity index (χ1) is 6.26. The Morgan fingerprint density at radius 3 is 2.21 bits per heavy atom. The van der Waals surface area contributed by atoms with E-state index in [0.29, 0.717) is 0 Å². The number of carbonyl (C=O) groups excluding carboxylic acids is 2. The maximum absolute atomic E-state index is 11.3. The molecule has 0 radical (unpaired) electrons. The number of carbonyl (C=O) groups is 2. The van der Waals surface area contributed by atoms with Gasteiger partial charge < -0.3 is 10.1 Å². The van der Waals surface area contributed by atoms with Crippen molar-refractivity contribution in [2.45, 2.75) is 39.3 Å². The van der Waals surface area contributed by atoms with E-state index in [-0.39, 0.29) is 0 Å². The Morgan fingerprint density at radius 2 is 1.93 bits per heavy atom. The van der Waals surface area contributed by atoms with Crippen molar-refractivity contribution in [3.63, 3.8) is 0 Å². The number of ether oxygens (including phenoxy) is 1. The zero-order valence-corrected chi connectivity index (χ0v) is 8.75. The Bertz CT molecular complexity index is 273. The molecule has 78 valence electrons. The summed E-state index contributed by atoms with van der Waals surface area (Å²) in [7, 11) is 0. The molecule has 1 amide bonds. The van der Waals surface area contributed by atoms with E-state index in [2.05, 4.69) is 5.32 Å². The Kier molecular flexibility index (Phi) is 4.09. The molecular formula is C9H14N2O3. The van der Waals surface area contributed by atoms with Crippen LogP contribution in [0.5, 0.6) is 0 Å². The number of nitrogens with one attached hydrogen (secondary N) is 1. The monoisotopic (exact) mass is 198 g/mol. The lowest BCUT2D eigenvalue weighted by Gasteiger charge is -2.21. The standard InChI is InChI=1S/C9H14N2O3/c1-6(12)11-7(5-10)8(13)14-9(2,3)4/h7H,1-4H3,(H,11,12). The average molecular weight is 198 g/mol. The molecule has 1 atom stereocenters. The maximum Gasteiger partial charge on any atom is 0.344 e. The molecule has 0 aliphatic carbocycles. The van der Waals surface area contributed by atoms with Crippen LogP contribution in [0.15, 0.2) is 0 Å². The van der Waals surface area contributed by atoms with E-state index < -0.39 is 23.5 Å². The van der Waals surface area contributed by atoms with E-state index in [0.717, 1.165) is 0 Å². The SMILES string of the molecule is CC(=O)NC(C#N)C(=O)OC(C)(C)C. The van der Waals surface area contributed by atoms with Crippen molar-refractivity contribution in [3.8, 4) is 6.07 Å². The zero-order chi connectivity index (χ0) is 11.4. The van der Waals surface area contributed by atoms with Gasteiger partial charge in [-0.05, 0) is 20.8 Å². The van der Waals surface area contributed by atoms with Crippen molar-refractivity contribution in [2.24, 2.45) is 0 Å². The van der Waals surface area contributed by atoms with Gasteiger partial charge in [0.1, 0.15) is 5.60 Å². The fraction of sp³-hybridized carbons (Fsp3) is 0.667. The number of nitrogens with zero attached hydrogens (tertiary/aromatic N) is 1. The second kappa shape index (κ2) is 4.61. The summed E-state index contributed by atoms with van der Waals surface area (Å²) in [5.74, 6) is -1.18. The van der Waals surface area contributed by atoms with Gasteiger partial charge in [-0.3, -0.25) is 4.79 Å². The van der Waals surface area contributed by atoms with Crippen molar-refractivity contribution < 1.29 is 14.3 Å². The quantitative estimate of drug-likeness (QED) is 0.649. The molecule has 0 aliphatic rings. The van der Waals surface area contributed by atoms with Gasteiger partial charge in [0, 0.05) is 6.92 Å². The second-order valence-electron chi connectivity index (χ2n) is 3.80. The lowest BCUT2D eigenvalue weighted by molar-refractivity contribution is -0.156. The molecule has 1 unspecified atom stereocenters. The summed E-state index contributed by atoms with van der Waals surface area (Å²) < 4.78 is 4.92. The average Bonchev–Trinajstić information content (AvgIpc) is 1.96. The van der Waals surface area contributed by atoms with Crippen LogP contribution in [0.3, 0.4) is 0 Å². The van der Waals surface area contributed by atoms with Gasteiger partial charge in [-0.1, -0.05) is 0 Å². The lowest BCUT2D eigenvalue weighted by atomic mass is 10.2. The Labute approximate surface area is 83.0 Å². The molecular weight excluding hydrogens is 184 g/mol. The van der Waals surface area contributed by atoms with Gasteiger partial charge in [0.2, 0.25) is 11.9 Å². The minimum atomic E-state index is -1.23. The van der Waals surface area contributed by atoms with Crippen molar-refractivity contribution in [2.75, 3.05) is 0 Å². The number of hydrogen-bond acceptors (Lipinski definition) is 4. The highest BCUT2D eigenvalue weighted by molar-refractivity contribution is 5.85. The second-order valence-corrected chi connectivity index (χ2v) is 3.80. The molecule has 0 spiro atoms. The largest absolute Gasteiger partial charge is 0.458 e. The van der Waals surface area contributed by atoms with Crippen LogP contribution in [0.4, 0.5) is 0 Å². The first kappa shape index (κ1) is 12.4. The van der Waals surface area contributed by atoms with E-state index >= 15 is 0 Å². The van der Waals surface area contributed by atoms with Gasteiger partial charge in [0.15, 0.2) is 0 Å².